The number of fused-ring (bicyclic) bond motifs is 2. The fraction of sp³-hybridized carbons (Fsp3) is 0.423. The summed E-state index contributed by atoms with van der Waals surface area (Å²) in [5, 5.41) is 2.97. The van der Waals surface area contributed by atoms with E-state index in [-0.39, 0.29) is 21.9 Å². The van der Waals surface area contributed by atoms with Crippen LogP contribution in [0.2, 0.25) is 0 Å². The summed E-state index contributed by atoms with van der Waals surface area (Å²) in [4.78, 5) is 27.4. The Hall–Kier alpha value is -2.80. The van der Waals surface area contributed by atoms with Crippen LogP contribution in [0, 0.1) is 11.3 Å². The highest BCUT2D eigenvalue weighted by Gasteiger charge is 2.51. The number of Topliss-reactive ketones (excluding diaryl/α,β-unsaturated/α-hetero) is 2. The number of hydrogen-bond acceptors (Lipinski definition) is 5. The van der Waals surface area contributed by atoms with Crippen LogP contribution in [0.1, 0.15) is 69.3 Å². The van der Waals surface area contributed by atoms with E-state index in [1.54, 1.807) is 30.3 Å². The minimum atomic E-state index is -4.02. The molecule has 1 aliphatic heterocycles. The second-order valence-electron chi connectivity index (χ2n) is 10.4. The van der Waals surface area contributed by atoms with E-state index in [1.165, 1.54) is 6.07 Å². The second kappa shape index (κ2) is 8.20. The maximum atomic E-state index is 13.9. The van der Waals surface area contributed by atoms with Crippen LogP contribution < -0.4 is 5.32 Å². The largest absolute Gasteiger partial charge is 0.341 e. The van der Waals surface area contributed by atoms with Gasteiger partial charge in [0, 0.05) is 5.56 Å². The molecule has 2 aliphatic rings. The predicted molar refractivity (Wildman–Crippen MR) is 129 cm³/mol. The monoisotopic (exact) mass is 466 g/mol. The minimum Gasteiger partial charge on any atom is -0.341 e. The highest BCUT2D eigenvalue weighted by molar-refractivity contribution is 7.90. The molecule has 7 heteroatoms. The molecular formula is C26H30N2O4S. The van der Waals surface area contributed by atoms with E-state index >= 15 is 0 Å². The normalized spacial score (nSPS) is 23.9. The number of nitrogens with zero attached hydrogens (tertiary/aromatic N) is 1. The minimum absolute atomic E-state index is 0.0369. The molecule has 174 valence electrons. The predicted octanol–water partition coefficient (Wildman–Crippen LogP) is 5.15. The molecule has 0 saturated carbocycles. The van der Waals surface area contributed by atoms with Gasteiger partial charge in [-0.25, -0.2) is 0 Å². The second-order valence-corrected chi connectivity index (χ2v) is 12.0. The van der Waals surface area contributed by atoms with Gasteiger partial charge in [0.1, 0.15) is 16.6 Å². The van der Waals surface area contributed by atoms with Gasteiger partial charge in [-0.2, -0.15) is 8.42 Å². The number of sulfonamides is 1. The van der Waals surface area contributed by atoms with E-state index in [1.807, 2.05) is 19.1 Å². The molecule has 0 bridgehead atoms. The Bertz CT molecular complexity index is 1260. The highest BCUT2D eigenvalue weighted by atomic mass is 32.2. The number of amidine groups is 1. The van der Waals surface area contributed by atoms with Gasteiger partial charge in [-0.15, -0.1) is 4.40 Å². The zero-order valence-electron chi connectivity index (χ0n) is 19.5. The van der Waals surface area contributed by atoms with Gasteiger partial charge in [0.25, 0.3) is 10.0 Å². The van der Waals surface area contributed by atoms with Crippen LogP contribution in [0.15, 0.2) is 57.8 Å². The van der Waals surface area contributed by atoms with Crippen LogP contribution in [0.5, 0.6) is 0 Å². The molecule has 6 nitrogen and oxygen atoms in total. The van der Waals surface area contributed by atoms with Gasteiger partial charge in [-0.1, -0.05) is 70.0 Å². The topological polar surface area (TPSA) is 92.7 Å². The smallest absolute Gasteiger partial charge is 0.286 e. The number of rotatable bonds is 5. The van der Waals surface area contributed by atoms with Crippen molar-refractivity contribution in [2.24, 2.45) is 15.7 Å². The maximum absolute atomic E-state index is 13.9. The number of para-hydroxylation sites is 1. The van der Waals surface area contributed by atoms with Crippen molar-refractivity contribution in [2.45, 2.75) is 63.7 Å². The van der Waals surface area contributed by atoms with Crippen molar-refractivity contribution in [2.75, 3.05) is 5.32 Å². The lowest BCUT2D eigenvalue weighted by molar-refractivity contribution is -0.125. The van der Waals surface area contributed by atoms with Gasteiger partial charge >= 0.3 is 0 Å². The molecule has 2 aromatic rings. The van der Waals surface area contributed by atoms with E-state index in [2.05, 4.69) is 30.5 Å². The van der Waals surface area contributed by atoms with Gasteiger partial charge in [-0.05, 0) is 42.9 Å². The van der Waals surface area contributed by atoms with E-state index in [0.717, 1.165) is 19.3 Å². The summed E-state index contributed by atoms with van der Waals surface area (Å²) >= 11 is 0. The summed E-state index contributed by atoms with van der Waals surface area (Å²) in [7, 11) is -4.02. The first-order chi connectivity index (χ1) is 15.4. The Balaban J connectivity index is 1.73. The van der Waals surface area contributed by atoms with Gasteiger partial charge in [0.05, 0.1) is 11.1 Å². The molecule has 33 heavy (non-hydrogen) atoms. The fourth-order valence-electron chi connectivity index (χ4n) is 4.80. The Morgan fingerprint density at radius 2 is 1.67 bits per heavy atom. The Labute approximate surface area is 195 Å². The lowest BCUT2D eigenvalue weighted by atomic mass is 9.63. The van der Waals surface area contributed by atoms with Crippen LogP contribution >= 0.6 is 0 Å². The van der Waals surface area contributed by atoms with Crippen LogP contribution in [-0.4, -0.2) is 25.8 Å². The molecule has 0 saturated heterocycles. The lowest BCUT2D eigenvalue weighted by Crippen LogP contribution is -2.51. The van der Waals surface area contributed by atoms with Gasteiger partial charge in [-0.3, -0.25) is 9.59 Å². The average molecular weight is 467 g/mol. The molecule has 0 amide bonds. The number of benzene rings is 2. The number of hydrogen-bond donors (Lipinski definition) is 1. The molecule has 4 rings (SSSR count). The summed E-state index contributed by atoms with van der Waals surface area (Å²) in [6, 6.07) is 13.5. The van der Waals surface area contributed by atoms with Crippen molar-refractivity contribution >= 4 is 33.1 Å². The van der Waals surface area contributed by atoms with Crippen LogP contribution in [0.25, 0.3) is 0 Å². The number of unbranched alkanes of at least 4 members (excludes halogenated alkanes) is 1. The van der Waals surface area contributed by atoms with E-state index < -0.39 is 27.1 Å². The SMILES string of the molecule is CC(C)(C)CCCCC1(C)C(=O)C(C2=NS(=O)(=O)c3ccccc3N2)C(=O)c2ccccc21. The molecule has 0 spiro atoms. The van der Waals surface area contributed by atoms with Crippen LogP contribution in [0.4, 0.5) is 5.69 Å². The molecule has 1 aliphatic carbocycles. The lowest BCUT2D eigenvalue weighted by Gasteiger charge is -2.38. The standard InChI is InChI=1S/C26H30N2O4S/c1-25(2,3)15-9-10-16-26(4)18-12-6-5-11-17(18)22(29)21(23(26)30)24-27-19-13-7-8-14-20(19)33(31,32)28-24/h5-8,11-14,21H,9-10,15-16H2,1-4H3,(H,27,28). The first-order valence-electron chi connectivity index (χ1n) is 11.3. The van der Waals surface area contributed by atoms with Gasteiger partial charge in [0.15, 0.2) is 11.6 Å². The molecule has 1 N–H and O–H groups in total. The third-order valence-electron chi connectivity index (χ3n) is 6.63. The average Bonchev–Trinajstić information content (AvgIpc) is 2.75. The summed E-state index contributed by atoms with van der Waals surface area (Å²) in [6.45, 7) is 8.44. The van der Waals surface area contributed by atoms with Crippen LogP contribution in [-0.2, 0) is 20.2 Å². The number of carbonyl (C=O) groups is 2. The zero-order valence-corrected chi connectivity index (χ0v) is 20.3. The van der Waals surface area contributed by atoms with E-state index in [0.29, 0.717) is 23.2 Å². The molecule has 0 aromatic heterocycles. The Morgan fingerprint density at radius 3 is 2.39 bits per heavy atom. The molecule has 0 fully saturated rings. The third kappa shape index (κ3) is 4.26. The van der Waals surface area contributed by atoms with Crippen molar-refractivity contribution < 1.29 is 18.0 Å². The summed E-state index contributed by atoms with van der Waals surface area (Å²) < 4.78 is 29.5. The van der Waals surface area contributed by atoms with Crippen molar-refractivity contribution in [3.05, 3.63) is 59.7 Å². The summed E-state index contributed by atoms with van der Waals surface area (Å²) in [5.74, 6) is -2.11. The van der Waals surface area contributed by atoms with Crippen molar-refractivity contribution in [1.29, 1.82) is 0 Å². The molecular weight excluding hydrogens is 436 g/mol. The number of ketones is 2. The molecule has 1 heterocycles. The molecule has 2 aromatic carbocycles. The molecule has 0 radical (unpaired) electrons. The van der Waals surface area contributed by atoms with Crippen molar-refractivity contribution in [3.63, 3.8) is 0 Å². The Kier molecular flexibility index (Phi) is 5.81. The number of anilines is 1. The highest BCUT2D eigenvalue weighted by Crippen LogP contribution is 2.42. The third-order valence-corrected chi connectivity index (χ3v) is 7.98. The fourth-order valence-corrected chi connectivity index (χ4v) is 5.96. The Morgan fingerprint density at radius 1 is 1.00 bits per heavy atom. The molecule has 2 unspecified atom stereocenters. The van der Waals surface area contributed by atoms with Crippen molar-refractivity contribution in [1.82, 2.24) is 0 Å². The number of nitrogens with one attached hydrogen (secondary N) is 1. The first-order valence-corrected chi connectivity index (χ1v) is 12.8. The van der Waals surface area contributed by atoms with Gasteiger partial charge in [0.2, 0.25) is 0 Å². The number of carbonyl (C=O) groups excluding carboxylic acids is 2. The van der Waals surface area contributed by atoms with E-state index in [9.17, 15) is 18.0 Å². The van der Waals surface area contributed by atoms with Gasteiger partial charge < -0.3 is 5.32 Å². The summed E-state index contributed by atoms with van der Waals surface area (Å²) in [6.07, 6.45) is 3.41. The first kappa shape index (κ1) is 23.4. The zero-order chi connectivity index (χ0) is 24.0. The quantitative estimate of drug-likeness (QED) is 0.486. The van der Waals surface area contributed by atoms with Crippen molar-refractivity contribution in [3.8, 4) is 0 Å². The molecule has 2 atom stereocenters. The summed E-state index contributed by atoms with van der Waals surface area (Å²) in [5.41, 5.74) is 0.802. The maximum Gasteiger partial charge on any atom is 0.286 e. The van der Waals surface area contributed by atoms with Crippen LogP contribution in [0.3, 0.4) is 0 Å². The van der Waals surface area contributed by atoms with E-state index in [4.69, 9.17) is 0 Å².